The Morgan fingerprint density at radius 3 is 2.20 bits per heavy atom. The molecule has 0 heterocycles. The summed E-state index contributed by atoms with van der Waals surface area (Å²) in [4.78, 5) is 0. The Balaban J connectivity index is 2.08. The Morgan fingerprint density at radius 1 is 0.840 bits per heavy atom. The van der Waals surface area contributed by atoms with Gasteiger partial charge in [0.05, 0.1) is 0 Å². The van der Waals surface area contributed by atoms with Gasteiger partial charge in [0.15, 0.2) is 0 Å². The number of unbranched alkanes of at least 4 members (excludes halogenated alkanes) is 2. The highest BCUT2D eigenvalue weighted by Gasteiger charge is 2.18. The second kappa shape index (κ2) is 9.08. The van der Waals surface area contributed by atoms with Crippen LogP contribution in [0, 0.1) is 5.92 Å². The molecule has 0 aromatic heterocycles. The quantitative estimate of drug-likeness (QED) is 0.492. The van der Waals surface area contributed by atoms with Crippen molar-refractivity contribution >= 4 is 11.4 Å². The summed E-state index contributed by atoms with van der Waals surface area (Å²) < 4.78 is 0. The molecule has 0 radical (unpaired) electrons. The zero-order valence-electron chi connectivity index (χ0n) is 16.7. The molecular weight excluding hydrogens is 302 g/mol. The Hall–Kier alpha value is -1.76. The minimum atomic E-state index is 0.193. The lowest BCUT2D eigenvalue weighted by Crippen LogP contribution is -2.14. The molecule has 0 amide bonds. The second-order valence-corrected chi connectivity index (χ2v) is 8.61. The van der Waals surface area contributed by atoms with E-state index in [0.717, 1.165) is 11.6 Å². The van der Waals surface area contributed by atoms with Gasteiger partial charge in [0, 0.05) is 11.4 Å². The SMILES string of the molecule is CC(C)CCCCCc1cc(Nc2ccccc2)ccc1C(C)(C)C. The average Bonchev–Trinajstić information content (AvgIpc) is 2.54. The van der Waals surface area contributed by atoms with Gasteiger partial charge >= 0.3 is 0 Å². The van der Waals surface area contributed by atoms with Crippen molar-refractivity contribution in [3.05, 3.63) is 59.7 Å². The normalized spacial score (nSPS) is 11.8. The van der Waals surface area contributed by atoms with Crippen LogP contribution in [-0.4, -0.2) is 0 Å². The molecule has 0 atom stereocenters. The summed E-state index contributed by atoms with van der Waals surface area (Å²) in [6, 6.07) is 17.3. The largest absolute Gasteiger partial charge is 0.356 e. The third-order valence-electron chi connectivity index (χ3n) is 4.70. The molecule has 0 spiro atoms. The van der Waals surface area contributed by atoms with Gasteiger partial charge in [-0.1, -0.05) is 78.1 Å². The predicted octanol–water partition coefficient (Wildman–Crippen LogP) is 7.49. The molecule has 0 aliphatic carbocycles. The molecule has 1 nitrogen and oxygen atoms in total. The molecule has 0 saturated heterocycles. The number of anilines is 2. The summed E-state index contributed by atoms with van der Waals surface area (Å²) in [6.07, 6.45) is 6.49. The number of aryl methyl sites for hydroxylation is 1. The minimum absolute atomic E-state index is 0.193. The number of hydrogen-bond acceptors (Lipinski definition) is 1. The van der Waals surface area contributed by atoms with Crippen LogP contribution in [0.5, 0.6) is 0 Å². The van der Waals surface area contributed by atoms with Gasteiger partial charge < -0.3 is 5.32 Å². The molecule has 0 bridgehead atoms. The number of rotatable bonds is 8. The molecule has 0 aliphatic rings. The number of hydrogen-bond donors (Lipinski definition) is 1. The van der Waals surface area contributed by atoms with Crippen molar-refractivity contribution in [3.63, 3.8) is 0 Å². The molecule has 2 rings (SSSR count). The zero-order valence-corrected chi connectivity index (χ0v) is 16.7. The first kappa shape index (κ1) is 19.6. The lowest BCUT2D eigenvalue weighted by atomic mass is 9.82. The molecule has 0 aliphatic heterocycles. The van der Waals surface area contributed by atoms with Crippen LogP contribution in [0.1, 0.15) is 71.4 Å². The Kier molecular flexibility index (Phi) is 7.11. The molecule has 0 unspecified atom stereocenters. The smallest absolute Gasteiger partial charge is 0.0387 e. The van der Waals surface area contributed by atoms with Crippen molar-refractivity contribution in [2.45, 2.75) is 72.1 Å². The summed E-state index contributed by atoms with van der Waals surface area (Å²) in [5.74, 6) is 0.823. The lowest BCUT2D eigenvalue weighted by molar-refractivity contribution is 0.524. The van der Waals surface area contributed by atoms with E-state index in [1.165, 1.54) is 48.9 Å². The fraction of sp³-hybridized carbons (Fsp3) is 0.500. The highest BCUT2D eigenvalue weighted by molar-refractivity contribution is 5.61. The molecular formula is C24H35N. The fourth-order valence-electron chi connectivity index (χ4n) is 3.34. The van der Waals surface area contributed by atoms with Gasteiger partial charge in [-0.2, -0.15) is 0 Å². The first-order chi connectivity index (χ1) is 11.9. The zero-order chi connectivity index (χ0) is 18.3. The van der Waals surface area contributed by atoms with Crippen LogP contribution in [0.25, 0.3) is 0 Å². The monoisotopic (exact) mass is 337 g/mol. The Bertz CT molecular complexity index is 635. The maximum Gasteiger partial charge on any atom is 0.0387 e. The highest BCUT2D eigenvalue weighted by Crippen LogP contribution is 2.30. The van der Waals surface area contributed by atoms with Gasteiger partial charge in [-0.05, 0) is 59.6 Å². The van der Waals surface area contributed by atoms with Crippen LogP contribution < -0.4 is 5.32 Å². The van der Waals surface area contributed by atoms with Crippen LogP contribution in [0.4, 0.5) is 11.4 Å². The first-order valence-corrected chi connectivity index (χ1v) is 9.82. The van der Waals surface area contributed by atoms with Gasteiger partial charge in [-0.25, -0.2) is 0 Å². The van der Waals surface area contributed by atoms with E-state index in [1.807, 2.05) is 0 Å². The van der Waals surface area contributed by atoms with Gasteiger partial charge in [0.25, 0.3) is 0 Å². The predicted molar refractivity (Wildman–Crippen MR) is 112 cm³/mol. The summed E-state index contributed by atoms with van der Waals surface area (Å²) in [5, 5.41) is 3.54. The second-order valence-electron chi connectivity index (χ2n) is 8.61. The van der Waals surface area contributed by atoms with E-state index in [4.69, 9.17) is 0 Å². The van der Waals surface area contributed by atoms with Crippen LogP contribution in [0.2, 0.25) is 0 Å². The Labute approximate surface area is 154 Å². The summed E-state index contributed by atoms with van der Waals surface area (Å²) in [5.41, 5.74) is 5.51. The van der Waals surface area contributed by atoms with Gasteiger partial charge in [-0.15, -0.1) is 0 Å². The Morgan fingerprint density at radius 2 is 1.56 bits per heavy atom. The van der Waals surface area contributed by atoms with E-state index in [-0.39, 0.29) is 5.41 Å². The van der Waals surface area contributed by atoms with Crippen LogP contribution in [0.15, 0.2) is 48.5 Å². The summed E-state index contributed by atoms with van der Waals surface area (Å²) in [6.45, 7) is 11.6. The summed E-state index contributed by atoms with van der Waals surface area (Å²) in [7, 11) is 0. The fourth-order valence-corrected chi connectivity index (χ4v) is 3.34. The lowest BCUT2D eigenvalue weighted by Gasteiger charge is -2.24. The van der Waals surface area contributed by atoms with E-state index < -0.39 is 0 Å². The molecule has 2 aromatic carbocycles. The van der Waals surface area contributed by atoms with E-state index >= 15 is 0 Å². The van der Waals surface area contributed by atoms with Crippen LogP contribution >= 0.6 is 0 Å². The summed E-state index contributed by atoms with van der Waals surface area (Å²) >= 11 is 0. The molecule has 136 valence electrons. The van der Waals surface area contributed by atoms with E-state index in [0.29, 0.717) is 0 Å². The molecule has 1 N–H and O–H groups in total. The first-order valence-electron chi connectivity index (χ1n) is 9.82. The third kappa shape index (κ3) is 6.57. The van der Waals surface area contributed by atoms with Crippen molar-refractivity contribution in [3.8, 4) is 0 Å². The van der Waals surface area contributed by atoms with E-state index in [1.54, 1.807) is 0 Å². The van der Waals surface area contributed by atoms with Gasteiger partial charge in [-0.3, -0.25) is 0 Å². The third-order valence-corrected chi connectivity index (χ3v) is 4.70. The molecule has 1 heteroatoms. The van der Waals surface area contributed by atoms with Crippen LogP contribution in [-0.2, 0) is 11.8 Å². The van der Waals surface area contributed by atoms with Gasteiger partial charge in [0.2, 0.25) is 0 Å². The molecule has 25 heavy (non-hydrogen) atoms. The average molecular weight is 338 g/mol. The molecule has 2 aromatic rings. The van der Waals surface area contributed by atoms with Crippen molar-refractivity contribution in [1.82, 2.24) is 0 Å². The van der Waals surface area contributed by atoms with Crippen LogP contribution in [0.3, 0.4) is 0 Å². The van der Waals surface area contributed by atoms with E-state index in [9.17, 15) is 0 Å². The highest BCUT2D eigenvalue weighted by atomic mass is 14.9. The van der Waals surface area contributed by atoms with Crippen molar-refractivity contribution < 1.29 is 0 Å². The molecule has 0 saturated carbocycles. The maximum absolute atomic E-state index is 3.54. The molecule has 0 fully saturated rings. The number of benzene rings is 2. The minimum Gasteiger partial charge on any atom is -0.356 e. The van der Waals surface area contributed by atoms with Crippen molar-refractivity contribution in [2.75, 3.05) is 5.32 Å². The number of nitrogens with one attached hydrogen (secondary N) is 1. The maximum atomic E-state index is 3.54. The topological polar surface area (TPSA) is 12.0 Å². The van der Waals surface area contributed by atoms with Crippen molar-refractivity contribution in [1.29, 1.82) is 0 Å². The van der Waals surface area contributed by atoms with Crippen molar-refractivity contribution in [2.24, 2.45) is 5.92 Å². The number of para-hydroxylation sites is 1. The van der Waals surface area contributed by atoms with E-state index in [2.05, 4.69) is 88.5 Å². The standard InChI is InChI=1S/C24H35N/c1-19(2)12-8-6-9-13-20-18-22(16-17-23(20)24(3,4)5)25-21-14-10-7-11-15-21/h7,10-11,14-19,25H,6,8-9,12-13H2,1-5H3. The van der Waals surface area contributed by atoms with Gasteiger partial charge in [0.1, 0.15) is 0 Å².